The topological polar surface area (TPSA) is 124 Å². The van der Waals surface area contributed by atoms with Gasteiger partial charge in [-0.05, 0) is 61.9 Å². The number of nitrogens with two attached hydrogens (primary N) is 1. The van der Waals surface area contributed by atoms with E-state index < -0.39 is 29.7 Å². The molecule has 3 N–H and O–H groups in total. The second-order valence-corrected chi connectivity index (χ2v) is 8.37. The highest BCUT2D eigenvalue weighted by Crippen LogP contribution is 2.41. The SMILES string of the molecule is CN.COC(=O)C1=C(C)N(c2cccc(C(F)(F)F)c2)C(=N)N(C=O)C1c1ccc(C#N)cc1CCBr. The van der Waals surface area contributed by atoms with E-state index in [1.54, 1.807) is 12.1 Å². The van der Waals surface area contributed by atoms with Gasteiger partial charge in [-0.2, -0.15) is 18.4 Å². The van der Waals surface area contributed by atoms with Crippen molar-refractivity contribution in [3.63, 3.8) is 0 Å². The van der Waals surface area contributed by atoms with Gasteiger partial charge >= 0.3 is 12.1 Å². The number of aryl methyl sites for hydroxylation is 1. The van der Waals surface area contributed by atoms with Gasteiger partial charge in [0.2, 0.25) is 12.4 Å². The number of ether oxygens (including phenoxy) is 1. The fraction of sp³-hybridized carbons (Fsp3) is 0.280. The molecule has 1 atom stereocenters. The number of rotatable bonds is 6. The number of amides is 1. The highest BCUT2D eigenvalue weighted by Gasteiger charge is 2.42. The van der Waals surface area contributed by atoms with E-state index >= 15 is 0 Å². The first kappa shape index (κ1) is 29.5. The summed E-state index contributed by atoms with van der Waals surface area (Å²) in [6.07, 6.45) is -3.83. The Labute approximate surface area is 220 Å². The Morgan fingerprint density at radius 3 is 2.49 bits per heavy atom. The van der Waals surface area contributed by atoms with Crippen LogP contribution in [0.3, 0.4) is 0 Å². The number of carbonyl (C=O) groups is 2. The van der Waals surface area contributed by atoms with Gasteiger partial charge in [-0.3, -0.25) is 20.0 Å². The van der Waals surface area contributed by atoms with Gasteiger partial charge in [-0.1, -0.05) is 28.1 Å². The molecule has 12 heteroatoms. The van der Waals surface area contributed by atoms with Gasteiger partial charge in [-0.25, -0.2) is 4.79 Å². The maximum Gasteiger partial charge on any atom is 0.416 e. The quantitative estimate of drug-likeness (QED) is 0.295. The zero-order valence-corrected chi connectivity index (χ0v) is 21.9. The molecule has 0 saturated heterocycles. The van der Waals surface area contributed by atoms with E-state index in [1.165, 1.54) is 32.2 Å². The summed E-state index contributed by atoms with van der Waals surface area (Å²) in [6.45, 7) is 1.48. The van der Waals surface area contributed by atoms with Crippen molar-refractivity contribution in [2.24, 2.45) is 5.73 Å². The number of esters is 1. The van der Waals surface area contributed by atoms with Gasteiger partial charge < -0.3 is 10.5 Å². The van der Waals surface area contributed by atoms with Gasteiger partial charge in [0, 0.05) is 16.7 Å². The first-order valence-electron chi connectivity index (χ1n) is 10.8. The highest BCUT2D eigenvalue weighted by atomic mass is 79.9. The fourth-order valence-electron chi connectivity index (χ4n) is 4.04. The molecule has 196 valence electrons. The largest absolute Gasteiger partial charge is 0.466 e. The van der Waals surface area contributed by atoms with Crippen LogP contribution < -0.4 is 10.6 Å². The summed E-state index contributed by atoms with van der Waals surface area (Å²) in [5.41, 5.74) is 5.15. The standard InChI is InChI=1S/C24H20BrF3N4O3.CH5N/c1-14-20(22(34)35-2)21(19-7-6-15(12-29)10-16(19)8-9-25)31(13-33)23(30)32(14)18-5-3-4-17(11-18)24(26,27)28;1-2/h3-7,10-11,13,21,30H,8-9H2,1-2H3;2H2,1H3. The van der Waals surface area contributed by atoms with Crippen molar-refractivity contribution in [2.75, 3.05) is 24.4 Å². The van der Waals surface area contributed by atoms with Gasteiger partial charge in [0.1, 0.15) is 0 Å². The maximum atomic E-state index is 13.3. The highest BCUT2D eigenvalue weighted by molar-refractivity contribution is 9.09. The Bertz CT molecular complexity index is 1260. The first-order valence-corrected chi connectivity index (χ1v) is 12.0. The number of halogens is 4. The molecule has 1 unspecified atom stereocenters. The Morgan fingerprint density at radius 2 is 1.95 bits per heavy atom. The van der Waals surface area contributed by atoms with Crippen molar-refractivity contribution in [3.05, 3.63) is 76.0 Å². The van der Waals surface area contributed by atoms with E-state index in [1.807, 2.05) is 6.07 Å². The molecule has 0 fully saturated rings. The summed E-state index contributed by atoms with van der Waals surface area (Å²) in [5, 5.41) is 18.5. The predicted molar refractivity (Wildman–Crippen MR) is 136 cm³/mol. The van der Waals surface area contributed by atoms with Crippen molar-refractivity contribution >= 4 is 40.0 Å². The second kappa shape index (κ2) is 12.5. The Kier molecular flexibility index (Phi) is 9.99. The van der Waals surface area contributed by atoms with E-state index in [0.717, 1.165) is 29.0 Å². The van der Waals surface area contributed by atoms with Crippen molar-refractivity contribution in [2.45, 2.75) is 25.6 Å². The fourth-order valence-corrected chi connectivity index (χ4v) is 4.46. The number of hydrogen-bond acceptors (Lipinski definition) is 6. The van der Waals surface area contributed by atoms with Crippen LogP contribution in [0.5, 0.6) is 0 Å². The molecule has 1 aliphatic rings. The number of allylic oxidation sites excluding steroid dienone is 1. The van der Waals surface area contributed by atoms with E-state index in [0.29, 0.717) is 34.9 Å². The predicted octanol–water partition coefficient (Wildman–Crippen LogP) is 4.49. The Balaban J connectivity index is 0.00000235. The molecule has 1 amide bonds. The Hall–Kier alpha value is -3.69. The normalized spacial score (nSPS) is 15.5. The number of hydrogen-bond donors (Lipinski definition) is 2. The molecular weight excluding hydrogens is 555 g/mol. The van der Waals surface area contributed by atoms with E-state index in [4.69, 9.17) is 10.1 Å². The number of alkyl halides is 4. The number of nitriles is 1. The first-order chi connectivity index (χ1) is 17.6. The average Bonchev–Trinajstić information content (AvgIpc) is 2.89. The van der Waals surface area contributed by atoms with E-state index in [-0.39, 0.29) is 17.0 Å². The van der Waals surface area contributed by atoms with Crippen molar-refractivity contribution < 1.29 is 27.5 Å². The van der Waals surface area contributed by atoms with Crippen LogP contribution in [0, 0.1) is 16.7 Å². The number of guanidine groups is 1. The van der Waals surface area contributed by atoms with Crippen molar-refractivity contribution in [1.82, 2.24) is 4.90 Å². The van der Waals surface area contributed by atoms with Crippen LogP contribution in [0.15, 0.2) is 53.7 Å². The minimum Gasteiger partial charge on any atom is -0.466 e. The number of carbonyl (C=O) groups excluding carboxylic acids is 2. The van der Waals surface area contributed by atoms with Gasteiger partial charge in [0.15, 0.2) is 0 Å². The summed E-state index contributed by atoms with van der Waals surface area (Å²) in [4.78, 5) is 27.3. The van der Waals surface area contributed by atoms with Gasteiger partial charge in [0.05, 0.1) is 35.9 Å². The van der Waals surface area contributed by atoms with Crippen LogP contribution in [-0.2, 0) is 26.9 Å². The van der Waals surface area contributed by atoms with Crippen LogP contribution >= 0.6 is 15.9 Å². The zero-order valence-electron chi connectivity index (χ0n) is 20.3. The molecule has 2 aromatic carbocycles. The van der Waals surface area contributed by atoms with Gasteiger partial charge in [0.25, 0.3) is 0 Å². The van der Waals surface area contributed by atoms with Crippen LogP contribution in [0.4, 0.5) is 18.9 Å². The summed E-state index contributed by atoms with van der Waals surface area (Å²) in [5.74, 6) is -1.25. The molecule has 37 heavy (non-hydrogen) atoms. The number of nitrogens with zero attached hydrogens (tertiary/aromatic N) is 3. The lowest BCUT2D eigenvalue weighted by molar-refractivity contribution is -0.138. The molecule has 8 nitrogen and oxygen atoms in total. The molecule has 0 spiro atoms. The van der Waals surface area contributed by atoms with Crippen LogP contribution in [0.1, 0.15) is 35.2 Å². The molecule has 1 aliphatic heterocycles. The van der Waals surface area contributed by atoms with Crippen LogP contribution in [0.25, 0.3) is 0 Å². The minimum atomic E-state index is -4.63. The van der Waals surface area contributed by atoms with Crippen molar-refractivity contribution in [3.8, 4) is 6.07 Å². The molecule has 0 aromatic heterocycles. The molecule has 2 aromatic rings. The molecular formula is C25H25BrF3N5O3. The third-order valence-corrected chi connectivity index (χ3v) is 6.01. The minimum absolute atomic E-state index is 0.0199. The van der Waals surface area contributed by atoms with Gasteiger partial charge in [-0.15, -0.1) is 0 Å². The molecule has 0 saturated carbocycles. The molecule has 0 bridgehead atoms. The average molecular weight is 580 g/mol. The number of nitrogens with one attached hydrogen (secondary N) is 1. The second-order valence-electron chi connectivity index (χ2n) is 7.58. The lowest BCUT2D eigenvalue weighted by Crippen LogP contribution is -2.51. The smallest absolute Gasteiger partial charge is 0.416 e. The number of anilines is 1. The third-order valence-electron chi connectivity index (χ3n) is 5.61. The lowest BCUT2D eigenvalue weighted by atomic mass is 9.88. The zero-order chi connectivity index (χ0) is 27.9. The molecule has 3 rings (SSSR count). The third kappa shape index (κ3) is 6.00. The van der Waals surface area contributed by atoms with Crippen LogP contribution in [-0.4, -0.2) is 42.7 Å². The summed E-state index contributed by atoms with van der Waals surface area (Å²) < 4.78 is 45.0. The summed E-state index contributed by atoms with van der Waals surface area (Å²) in [7, 11) is 2.65. The maximum absolute atomic E-state index is 13.3. The van der Waals surface area contributed by atoms with E-state index in [2.05, 4.69) is 21.7 Å². The molecule has 1 heterocycles. The van der Waals surface area contributed by atoms with Crippen molar-refractivity contribution in [1.29, 1.82) is 10.7 Å². The Morgan fingerprint density at radius 1 is 1.27 bits per heavy atom. The summed E-state index contributed by atoms with van der Waals surface area (Å²) in [6, 6.07) is 9.98. The number of methoxy groups -OCH3 is 1. The molecule has 0 radical (unpaired) electrons. The lowest BCUT2D eigenvalue weighted by Gasteiger charge is -2.42. The van der Waals surface area contributed by atoms with Crippen LogP contribution in [0.2, 0.25) is 0 Å². The summed E-state index contributed by atoms with van der Waals surface area (Å²) >= 11 is 3.36. The van der Waals surface area contributed by atoms with E-state index in [9.17, 15) is 28.0 Å². The monoisotopic (exact) mass is 579 g/mol. The number of benzene rings is 2. The molecule has 0 aliphatic carbocycles.